The van der Waals surface area contributed by atoms with Gasteiger partial charge in [-0.05, 0) is 68.1 Å². The highest BCUT2D eigenvalue weighted by atomic mass is 32.2. The number of hydrogen-bond acceptors (Lipinski definition) is 4. The van der Waals surface area contributed by atoms with Crippen molar-refractivity contribution in [3.05, 3.63) is 59.2 Å². The van der Waals surface area contributed by atoms with Crippen LogP contribution < -0.4 is 5.32 Å². The maximum atomic E-state index is 12.7. The third-order valence-electron chi connectivity index (χ3n) is 5.16. The van der Waals surface area contributed by atoms with Crippen molar-refractivity contribution in [3.8, 4) is 0 Å². The summed E-state index contributed by atoms with van der Waals surface area (Å²) in [5.41, 5.74) is 3.25. The molecule has 3 rings (SSSR count). The van der Waals surface area contributed by atoms with Crippen LogP contribution in [0.3, 0.4) is 0 Å². The third kappa shape index (κ3) is 4.43. The summed E-state index contributed by atoms with van der Waals surface area (Å²) >= 11 is 0. The highest BCUT2D eigenvalue weighted by Crippen LogP contribution is 2.21. The number of nitrogens with zero attached hydrogens (tertiary/aromatic N) is 1. The minimum atomic E-state index is -3.62. The van der Waals surface area contributed by atoms with Crippen molar-refractivity contribution in [1.82, 2.24) is 4.31 Å². The Morgan fingerprint density at radius 3 is 2.54 bits per heavy atom. The average Bonchev–Trinajstić information content (AvgIpc) is 3.18. The molecule has 1 heterocycles. The lowest BCUT2D eigenvalue weighted by atomic mass is 10.1. The predicted molar refractivity (Wildman–Crippen MR) is 109 cm³/mol. The van der Waals surface area contributed by atoms with Crippen molar-refractivity contribution in [2.75, 3.05) is 25.5 Å². The average molecular weight is 403 g/mol. The maximum Gasteiger partial charge on any atom is 0.255 e. The van der Waals surface area contributed by atoms with E-state index in [1.165, 1.54) is 28.6 Å². The van der Waals surface area contributed by atoms with E-state index in [0.717, 1.165) is 29.7 Å². The second kappa shape index (κ2) is 8.43. The maximum absolute atomic E-state index is 12.7. The summed E-state index contributed by atoms with van der Waals surface area (Å²) in [6.45, 7) is 4.95. The van der Waals surface area contributed by atoms with Gasteiger partial charge in [-0.1, -0.05) is 12.1 Å². The van der Waals surface area contributed by atoms with E-state index in [4.69, 9.17) is 4.74 Å². The molecule has 1 amide bonds. The monoisotopic (exact) mass is 402 g/mol. The molecule has 0 aliphatic carbocycles. The molecule has 2 aromatic carbocycles. The zero-order valence-corrected chi connectivity index (χ0v) is 17.3. The van der Waals surface area contributed by atoms with Crippen molar-refractivity contribution in [3.63, 3.8) is 0 Å². The van der Waals surface area contributed by atoms with Crippen molar-refractivity contribution in [2.24, 2.45) is 0 Å². The van der Waals surface area contributed by atoms with Crippen LogP contribution in [0.5, 0.6) is 0 Å². The van der Waals surface area contributed by atoms with Gasteiger partial charge in [0, 0.05) is 31.5 Å². The second-order valence-electron chi connectivity index (χ2n) is 7.15. The van der Waals surface area contributed by atoms with Crippen LogP contribution in [0.15, 0.2) is 47.4 Å². The van der Waals surface area contributed by atoms with Crippen molar-refractivity contribution >= 4 is 21.6 Å². The van der Waals surface area contributed by atoms with Crippen LogP contribution in [-0.4, -0.2) is 44.9 Å². The number of rotatable bonds is 6. The molecule has 28 heavy (non-hydrogen) atoms. The van der Waals surface area contributed by atoms with E-state index in [9.17, 15) is 13.2 Å². The summed E-state index contributed by atoms with van der Waals surface area (Å²) < 4.78 is 32.3. The molecule has 0 aromatic heterocycles. The number of amides is 1. The smallest absolute Gasteiger partial charge is 0.255 e. The number of carbonyl (C=O) groups excluding carboxylic acids is 1. The van der Waals surface area contributed by atoms with Gasteiger partial charge in [-0.25, -0.2) is 8.42 Å². The van der Waals surface area contributed by atoms with E-state index < -0.39 is 10.0 Å². The lowest BCUT2D eigenvalue weighted by molar-refractivity contribution is 0.0979. The van der Waals surface area contributed by atoms with Crippen LogP contribution in [0.1, 0.15) is 34.3 Å². The fraction of sp³-hybridized carbons (Fsp3) is 0.381. The number of sulfonamides is 1. The summed E-state index contributed by atoms with van der Waals surface area (Å²) in [6.07, 6.45) is 1.78. The van der Waals surface area contributed by atoms with E-state index in [0.29, 0.717) is 18.7 Å². The Hall–Kier alpha value is -2.22. The molecule has 1 aliphatic heterocycles. The molecule has 1 N–H and O–H groups in total. The summed E-state index contributed by atoms with van der Waals surface area (Å²) in [6, 6.07) is 11.7. The SMILES string of the molecule is Cc1cccc(NC(=O)c2ccc(S(=O)(=O)N(C)C[C@@H]3CCCO3)cc2)c1C. The van der Waals surface area contributed by atoms with Crippen LogP contribution in [0.2, 0.25) is 0 Å². The zero-order valence-electron chi connectivity index (χ0n) is 16.4. The molecule has 1 saturated heterocycles. The first-order valence-corrected chi connectivity index (χ1v) is 10.8. The summed E-state index contributed by atoms with van der Waals surface area (Å²) in [4.78, 5) is 12.7. The molecular weight excluding hydrogens is 376 g/mol. The molecule has 0 spiro atoms. The van der Waals surface area contributed by atoms with Gasteiger partial charge < -0.3 is 10.1 Å². The Balaban J connectivity index is 1.71. The van der Waals surface area contributed by atoms with Gasteiger partial charge in [-0.2, -0.15) is 4.31 Å². The zero-order chi connectivity index (χ0) is 20.3. The van der Waals surface area contributed by atoms with Crippen LogP contribution in [0, 0.1) is 13.8 Å². The van der Waals surface area contributed by atoms with Gasteiger partial charge in [0.2, 0.25) is 10.0 Å². The fourth-order valence-electron chi connectivity index (χ4n) is 3.21. The topological polar surface area (TPSA) is 75.7 Å². The largest absolute Gasteiger partial charge is 0.377 e. The standard InChI is InChI=1S/C21H26N2O4S/c1-15-6-4-8-20(16(15)2)22-21(24)17-9-11-19(12-10-17)28(25,26)23(3)14-18-7-5-13-27-18/h4,6,8-12,18H,5,7,13-14H2,1-3H3,(H,22,24)/t18-/m0/s1. The molecule has 0 saturated carbocycles. The molecular formula is C21H26N2O4S. The first-order chi connectivity index (χ1) is 13.3. The van der Waals surface area contributed by atoms with Gasteiger partial charge in [0.05, 0.1) is 11.0 Å². The van der Waals surface area contributed by atoms with Crippen molar-refractivity contribution in [1.29, 1.82) is 0 Å². The minimum absolute atomic E-state index is 0.0533. The normalized spacial score (nSPS) is 17.1. The Morgan fingerprint density at radius 2 is 1.89 bits per heavy atom. The lowest BCUT2D eigenvalue weighted by Gasteiger charge is -2.20. The van der Waals surface area contributed by atoms with Crippen LogP contribution in [0.4, 0.5) is 5.69 Å². The molecule has 0 bridgehead atoms. The molecule has 150 valence electrons. The molecule has 7 heteroatoms. The van der Waals surface area contributed by atoms with Gasteiger partial charge in [-0.15, -0.1) is 0 Å². The molecule has 6 nitrogen and oxygen atoms in total. The van der Waals surface area contributed by atoms with Crippen molar-refractivity contribution in [2.45, 2.75) is 37.7 Å². The Kier molecular flexibility index (Phi) is 6.17. The highest BCUT2D eigenvalue weighted by Gasteiger charge is 2.26. The highest BCUT2D eigenvalue weighted by molar-refractivity contribution is 7.89. The number of carbonyl (C=O) groups is 1. The number of hydrogen-bond donors (Lipinski definition) is 1. The van der Waals surface area contributed by atoms with E-state index in [1.807, 2.05) is 32.0 Å². The van der Waals surface area contributed by atoms with E-state index >= 15 is 0 Å². The first kappa shape index (κ1) is 20.5. The molecule has 1 aliphatic rings. The quantitative estimate of drug-likeness (QED) is 0.804. The van der Waals surface area contributed by atoms with E-state index in [-0.39, 0.29) is 16.9 Å². The van der Waals surface area contributed by atoms with Crippen LogP contribution >= 0.6 is 0 Å². The Morgan fingerprint density at radius 1 is 1.18 bits per heavy atom. The lowest BCUT2D eigenvalue weighted by Crippen LogP contribution is -2.34. The van der Waals surface area contributed by atoms with Gasteiger partial charge in [-0.3, -0.25) is 4.79 Å². The number of aryl methyl sites for hydroxylation is 1. The molecule has 2 aromatic rings. The van der Waals surface area contributed by atoms with Gasteiger partial charge in [0.15, 0.2) is 0 Å². The third-order valence-corrected chi connectivity index (χ3v) is 7.00. The second-order valence-corrected chi connectivity index (χ2v) is 9.19. The molecule has 1 atom stereocenters. The predicted octanol–water partition coefficient (Wildman–Crippen LogP) is 3.36. The van der Waals surface area contributed by atoms with Crippen molar-refractivity contribution < 1.29 is 17.9 Å². The van der Waals surface area contributed by atoms with Gasteiger partial charge in [0.1, 0.15) is 0 Å². The Labute approximate surface area is 166 Å². The summed E-state index contributed by atoms with van der Waals surface area (Å²) in [5.74, 6) is -0.273. The number of nitrogens with one attached hydrogen (secondary N) is 1. The van der Waals surface area contributed by atoms with Crippen LogP contribution in [-0.2, 0) is 14.8 Å². The number of anilines is 1. The summed E-state index contributed by atoms with van der Waals surface area (Å²) in [7, 11) is -2.06. The van der Waals surface area contributed by atoms with Crippen LogP contribution in [0.25, 0.3) is 0 Å². The summed E-state index contributed by atoms with van der Waals surface area (Å²) in [5, 5.41) is 2.88. The molecule has 0 unspecified atom stereocenters. The first-order valence-electron chi connectivity index (χ1n) is 9.34. The molecule has 0 radical (unpaired) electrons. The van der Waals surface area contributed by atoms with Gasteiger partial charge in [0.25, 0.3) is 5.91 Å². The van der Waals surface area contributed by atoms with Gasteiger partial charge >= 0.3 is 0 Å². The van der Waals surface area contributed by atoms with E-state index in [1.54, 1.807) is 7.05 Å². The van der Waals surface area contributed by atoms with E-state index in [2.05, 4.69) is 5.32 Å². The molecule has 1 fully saturated rings. The number of ether oxygens (including phenoxy) is 1. The number of benzene rings is 2. The Bertz CT molecular complexity index is 949. The number of likely N-dealkylation sites (N-methyl/N-ethyl adjacent to an activating group) is 1. The minimum Gasteiger partial charge on any atom is -0.377 e. The fourth-order valence-corrected chi connectivity index (χ4v) is 4.41.